The topological polar surface area (TPSA) is 62.2 Å². The van der Waals surface area contributed by atoms with Crippen LogP contribution >= 0.6 is 11.3 Å². The maximum Gasteiger partial charge on any atom is 0.263 e. The van der Waals surface area contributed by atoms with Crippen LogP contribution in [0, 0.1) is 26.7 Å². The molecule has 2 N–H and O–H groups in total. The standard InChI is InChI=1S/C19H24N2O2S/c1-11-4-7-15(12(2)10-11)19-20-13(3)17(24-19)18(23)21-16(8-9-22)14-5-6-14/h4,7,10,14,16,22H,5-6,8-9H2,1-3H3,(H,21,23). The number of hydrogen-bond acceptors (Lipinski definition) is 4. The van der Waals surface area contributed by atoms with E-state index in [0.29, 0.717) is 17.2 Å². The quantitative estimate of drug-likeness (QED) is 0.841. The lowest BCUT2D eigenvalue weighted by Crippen LogP contribution is -2.37. The van der Waals surface area contributed by atoms with E-state index in [1.54, 1.807) is 0 Å². The van der Waals surface area contributed by atoms with Gasteiger partial charge >= 0.3 is 0 Å². The van der Waals surface area contributed by atoms with E-state index in [1.165, 1.54) is 22.5 Å². The van der Waals surface area contributed by atoms with E-state index in [-0.39, 0.29) is 18.6 Å². The zero-order valence-electron chi connectivity index (χ0n) is 14.4. The highest BCUT2D eigenvalue weighted by Crippen LogP contribution is 2.35. The molecule has 1 aromatic carbocycles. The molecule has 1 unspecified atom stereocenters. The number of hydrogen-bond donors (Lipinski definition) is 2. The molecule has 1 heterocycles. The number of carbonyl (C=O) groups is 1. The fraction of sp³-hybridized carbons (Fsp3) is 0.474. The van der Waals surface area contributed by atoms with E-state index in [2.05, 4.69) is 42.3 Å². The van der Waals surface area contributed by atoms with Crippen LogP contribution in [0.3, 0.4) is 0 Å². The van der Waals surface area contributed by atoms with Gasteiger partial charge in [0.15, 0.2) is 0 Å². The SMILES string of the molecule is Cc1ccc(-c2nc(C)c(C(=O)NC(CCO)C3CC3)s2)c(C)c1. The van der Waals surface area contributed by atoms with Gasteiger partial charge in [-0.15, -0.1) is 11.3 Å². The van der Waals surface area contributed by atoms with Gasteiger partial charge in [-0.25, -0.2) is 4.98 Å². The minimum Gasteiger partial charge on any atom is -0.396 e. The van der Waals surface area contributed by atoms with Crippen molar-refractivity contribution in [1.29, 1.82) is 0 Å². The molecule has 0 saturated heterocycles. The van der Waals surface area contributed by atoms with Crippen molar-refractivity contribution in [2.75, 3.05) is 6.61 Å². The van der Waals surface area contributed by atoms with E-state index in [4.69, 9.17) is 0 Å². The molecule has 0 radical (unpaired) electrons. The fourth-order valence-corrected chi connectivity index (χ4v) is 4.13. The van der Waals surface area contributed by atoms with E-state index in [9.17, 15) is 9.90 Å². The van der Waals surface area contributed by atoms with Crippen molar-refractivity contribution >= 4 is 17.2 Å². The number of carbonyl (C=O) groups excluding carboxylic acids is 1. The molecule has 4 nitrogen and oxygen atoms in total. The Labute approximate surface area is 146 Å². The molecule has 1 fully saturated rings. The minimum atomic E-state index is -0.0636. The maximum atomic E-state index is 12.6. The lowest BCUT2D eigenvalue weighted by Gasteiger charge is -2.16. The summed E-state index contributed by atoms with van der Waals surface area (Å²) in [6.45, 7) is 6.14. The van der Waals surface area contributed by atoms with Gasteiger partial charge in [0.05, 0.1) is 5.69 Å². The van der Waals surface area contributed by atoms with E-state index < -0.39 is 0 Å². The zero-order chi connectivity index (χ0) is 17.3. The molecular weight excluding hydrogens is 320 g/mol. The molecule has 1 amide bonds. The Hall–Kier alpha value is -1.72. The Bertz CT molecular complexity index is 750. The first-order chi connectivity index (χ1) is 11.5. The van der Waals surface area contributed by atoms with Gasteiger partial charge in [0.1, 0.15) is 9.88 Å². The molecule has 5 heteroatoms. The average Bonchev–Trinajstić information content (AvgIpc) is 3.29. The number of nitrogens with one attached hydrogen (secondary N) is 1. The van der Waals surface area contributed by atoms with Crippen LogP contribution in [-0.2, 0) is 0 Å². The largest absolute Gasteiger partial charge is 0.396 e. The highest BCUT2D eigenvalue weighted by atomic mass is 32.1. The van der Waals surface area contributed by atoms with Gasteiger partial charge in [-0.2, -0.15) is 0 Å². The predicted octanol–water partition coefficient (Wildman–Crippen LogP) is 3.63. The summed E-state index contributed by atoms with van der Waals surface area (Å²) >= 11 is 1.45. The van der Waals surface area contributed by atoms with Crippen LogP contribution in [0.4, 0.5) is 0 Å². The van der Waals surface area contributed by atoms with Crippen LogP contribution in [0.2, 0.25) is 0 Å². The van der Waals surface area contributed by atoms with Crippen LogP contribution in [0.5, 0.6) is 0 Å². The number of aryl methyl sites for hydroxylation is 3. The third-order valence-electron chi connectivity index (χ3n) is 4.56. The molecule has 1 aromatic heterocycles. The molecule has 24 heavy (non-hydrogen) atoms. The molecule has 128 valence electrons. The number of thiazole rings is 1. The van der Waals surface area contributed by atoms with Gasteiger partial charge < -0.3 is 10.4 Å². The highest BCUT2D eigenvalue weighted by molar-refractivity contribution is 7.17. The summed E-state index contributed by atoms with van der Waals surface area (Å²) in [5, 5.41) is 13.2. The van der Waals surface area contributed by atoms with Gasteiger partial charge in [-0.05, 0) is 51.5 Å². The van der Waals surface area contributed by atoms with E-state index >= 15 is 0 Å². The van der Waals surface area contributed by atoms with Crippen LogP contribution in [0.1, 0.15) is 45.8 Å². The summed E-state index contributed by atoms with van der Waals surface area (Å²) in [6, 6.07) is 6.36. The first-order valence-corrected chi connectivity index (χ1v) is 9.28. The van der Waals surface area contributed by atoms with Crippen LogP contribution in [0.25, 0.3) is 10.6 Å². The summed E-state index contributed by atoms with van der Waals surface area (Å²) in [5.74, 6) is 0.458. The summed E-state index contributed by atoms with van der Waals surface area (Å²) in [5.41, 5.74) is 4.25. The molecule has 1 atom stereocenters. The number of aromatic nitrogens is 1. The van der Waals surface area contributed by atoms with Crippen molar-refractivity contribution in [2.45, 2.75) is 46.1 Å². The second-order valence-corrected chi connectivity index (χ2v) is 7.68. The number of rotatable bonds is 6. The Morgan fingerprint density at radius 2 is 2.12 bits per heavy atom. The summed E-state index contributed by atoms with van der Waals surface area (Å²) < 4.78 is 0. The van der Waals surface area contributed by atoms with Crippen molar-refractivity contribution in [1.82, 2.24) is 10.3 Å². The van der Waals surface area contributed by atoms with Gasteiger partial charge in [-0.1, -0.05) is 23.8 Å². The van der Waals surface area contributed by atoms with Crippen molar-refractivity contribution in [3.05, 3.63) is 39.9 Å². The minimum absolute atomic E-state index is 0.0636. The molecule has 0 aliphatic heterocycles. The number of aliphatic hydroxyl groups is 1. The van der Waals surface area contributed by atoms with Gasteiger partial charge in [0, 0.05) is 18.2 Å². The van der Waals surface area contributed by atoms with Crippen molar-refractivity contribution in [3.63, 3.8) is 0 Å². The van der Waals surface area contributed by atoms with Gasteiger partial charge in [-0.3, -0.25) is 4.79 Å². The molecule has 3 rings (SSSR count). The first kappa shape index (κ1) is 17.1. The summed E-state index contributed by atoms with van der Waals surface area (Å²) in [7, 11) is 0. The second-order valence-electron chi connectivity index (χ2n) is 6.68. The molecule has 0 spiro atoms. The number of aliphatic hydroxyl groups excluding tert-OH is 1. The Morgan fingerprint density at radius 3 is 2.75 bits per heavy atom. The molecule has 1 saturated carbocycles. The Morgan fingerprint density at radius 1 is 1.38 bits per heavy atom. The lowest BCUT2D eigenvalue weighted by molar-refractivity contribution is 0.0927. The van der Waals surface area contributed by atoms with Crippen molar-refractivity contribution in [3.8, 4) is 10.6 Å². The van der Waals surface area contributed by atoms with Crippen molar-refractivity contribution in [2.24, 2.45) is 5.92 Å². The highest BCUT2D eigenvalue weighted by Gasteiger charge is 2.32. The zero-order valence-corrected chi connectivity index (χ0v) is 15.2. The Kier molecular flexibility index (Phi) is 5.01. The molecule has 0 bridgehead atoms. The van der Waals surface area contributed by atoms with Crippen LogP contribution < -0.4 is 5.32 Å². The number of benzene rings is 1. The van der Waals surface area contributed by atoms with E-state index in [0.717, 1.165) is 29.1 Å². The molecule has 1 aliphatic carbocycles. The number of nitrogens with zero attached hydrogens (tertiary/aromatic N) is 1. The molecule has 1 aliphatic rings. The van der Waals surface area contributed by atoms with Gasteiger partial charge in [0.2, 0.25) is 0 Å². The fourth-order valence-electron chi connectivity index (χ4n) is 3.07. The van der Waals surface area contributed by atoms with Crippen LogP contribution in [-0.4, -0.2) is 28.6 Å². The van der Waals surface area contributed by atoms with Gasteiger partial charge in [0.25, 0.3) is 5.91 Å². The van der Waals surface area contributed by atoms with E-state index in [1.807, 2.05) is 6.92 Å². The van der Waals surface area contributed by atoms with Crippen molar-refractivity contribution < 1.29 is 9.90 Å². The molecular formula is C19H24N2O2S. The third kappa shape index (κ3) is 3.68. The average molecular weight is 344 g/mol. The first-order valence-electron chi connectivity index (χ1n) is 8.46. The Balaban J connectivity index is 1.81. The normalized spacial score (nSPS) is 15.3. The number of amides is 1. The molecule has 2 aromatic rings. The third-order valence-corrected chi connectivity index (χ3v) is 5.75. The second kappa shape index (κ2) is 7.03. The predicted molar refractivity (Wildman–Crippen MR) is 97.4 cm³/mol. The van der Waals surface area contributed by atoms with Crippen LogP contribution in [0.15, 0.2) is 18.2 Å². The maximum absolute atomic E-state index is 12.6. The monoisotopic (exact) mass is 344 g/mol. The smallest absolute Gasteiger partial charge is 0.263 e. The summed E-state index contributed by atoms with van der Waals surface area (Å²) in [6.07, 6.45) is 2.90. The summed E-state index contributed by atoms with van der Waals surface area (Å²) in [4.78, 5) is 17.9. The lowest BCUT2D eigenvalue weighted by atomic mass is 10.1.